The van der Waals surface area contributed by atoms with Gasteiger partial charge in [0.15, 0.2) is 0 Å². The summed E-state index contributed by atoms with van der Waals surface area (Å²) in [5, 5.41) is 10.9. The highest BCUT2D eigenvalue weighted by Gasteiger charge is 2.19. The van der Waals surface area contributed by atoms with Crippen LogP contribution in [0.25, 0.3) is 0 Å². The summed E-state index contributed by atoms with van der Waals surface area (Å²) < 4.78 is 0. The summed E-state index contributed by atoms with van der Waals surface area (Å²) in [5.41, 5.74) is 0.998. The predicted octanol–water partition coefficient (Wildman–Crippen LogP) is 3.91. The molecule has 22 heavy (non-hydrogen) atoms. The van der Waals surface area contributed by atoms with Crippen LogP contribution in [-0.4, -0.2) is 22.3 Å². The van der Waals surface area contributed by atoms with Gasteiger partial charge in [0, 0.05) is 24.7 Å². The normalized spacial score (nSPS) is 10.3. The first-order valence-electron chi connectivity index (χ1n) is 6.80. The number of amides is 1. The molecule has 0 saturated carbocycles. The Kier molecular flexibility index (Phi) is 5.12. The second-order valence-electron chi connectivity index (χ2n) is 4.73. The Hall–Kier alpha value is -2.40. The van der Waals surface area contributed by atoms with Crippen LogP contribution in [0.1, 0.15) is 22.8 Å². The average molecular weight is 319 g/mol. The topological polar surface area (TPSA) is 63.5 Å². The smallest absolute Gasteiger partial charge is 0.288 e. The molecule has 1 amide bonds. The van der Waals surface area contributed by atoms with Gasteiger partial charge in [0.2, 0.25) is 0 Å². The second-order valence-corrected chi connectivity index (χ2v) is 5.14. The molecule has 6 heteroatoms. The number of nitro benzene ring substituents is 1. The standard InChI is InChI=1S/C16H15ClN2O3/c1-2-18(11-12-6-4-3-5-7-12)16(20)13-8-9-14(17)15(10-13)19(21)22/h3-10H,2,11H2,1H3. The lowest BCUT2D eigenvalue weighted by atomic mass is 10.1. The summed E-state index contributed by atoms with van der Waals surface area (Å²) in [4.78, 5) is 24.5. The van der Waals surface area contributed by atoms with Crippen molar-refractivity contribution in [3.63, 3.8) is 0 Å². The molecule has 2 aromatic carbocycles. The van der Waals surface area contributed by atoms with Gasteiger partial charge < -0.3 is 4.90 Å². The largest absolute Gasteiger partial charge is 0.335 e. The monoisotopic (exact) mass is 318 g/mol. The Labute approximate surface area is 133 Å². The van der Waals surface area contributed by atoms with E-state index in [1.165, 1.54) is 18.2 Å². The van der Waals surface area contributed by atoms with Crippen LogP contribution in [-0.2, 0) is 6.54 Å². The van der Waals surface area contributed by atoms with Crippen molar-refractivity contribution in [2.45, 2.75) is 13.5 Å². The minimum atomic E-state index is -0.591. The van der Waals surface area contributed by atoms with Crippen molar-refractivity contribution in [2.24, 2.45) is 0 Å². The quantitative estimate of drug-likeness (QED) is 0.620. The van der Waals surface area contributed by atoms with Crippen molar-refractivity contribution in [3.8, 4) is 0 Å². The molecule has 0 heterocycles. The third-order valence-electron chi connectivity index (χ3n) is 3.27. The van der Waals surface area contributed by atoms with Gasteiger partial charge >= 0.3 is 0 Å². The van der Waals surface area contributed by atoms with Crippen LogP contribution >= 0.6 is 11.6 Å². The van der Waals surface area contributed by atoms with Crippen LogP contribution in [0, 0.1) is 10.1 Å². The molecule has 0 fully saturated rings. The zero-order chi connectivity index (χ0) is 16.1. The summed E-state index contributed by atoms with van der Waals surface area (Å²) in [6.45, 7) is 2.82. The first-order valence-corrected chi connectivity index (χ1v) is 7.18. The fourth-order valence-corrected chi connectivity index (χ4v) is 2.29. The van der Waals surface area contributed by atoms with Crippen molar-refractivity contribution < 1.29 is 9.72 Å². The third kappa shape index (κ3) is 3.62. The van der Waals surface area contributed by atoms with Gasteiger partial charge in [-0.3, -0.25) is 14.9 Å². The average Bonchev–Trinajstić information content (AvgIpc) is 2.53. The lowest BCUT2D eigenvalue weighted by molar-refractivity contribution is -0.384. The number of nitro groups is 1. The molecule has 114 valence electrons. The highest BCUT2D eigenvalue weighted by atomic mass is 35.5. The number of carbonyl (C=O) groups is 1. The van der Waals surface area contributed by atoms with E-state index in [1.54, 1.807) is 4.90 Å². The van der Waals surface area contributed by atoms with Crippen LogP contribution in [0.5, 0.6) is 0 Å². The summed E-state index contributed by atoms with van der Waals surface area (Å²) in [7, 11) is 0. The van der Waals surface area contributed by atoms with E-state index >= 15 is 0 Å². The minimum absolute atomic E-state index is 0.0210. The Morgan fingerprint density at radius 1 is 1.23 bits per heavy atom. The van der Waals surface area contributed by atoms with Gasteiger partial charge in [0.1, 0.15) is 5.02 Å². The SMILES string of the molecule is CCN(Cc1ccccc1)C(=O)c1ccc(Cl)c([N+](=O)[O-])c1. The van der Waals surface area contributed by atoms with E-state index in [4.69, 9.17) is 11.6 Å². The number of rotatable bonds is 5. The first kappa shape index (κ1) is 16.0. The Morgan fingerprint density at radius 3 is 2.50 bits per heavy atom. The van der Waals surface area contributed by atoms with Crippen molar-refractivity contribution >= 4 is 23.2 Å². The van der Waals surface area contributed by atoms with Gasteiger partial charge in [-0.05, 0) is 24.6 Å². The number of nitrogens with zero attached hydrogens (tertiary/aromatic N) is 2. The van der Waals surface area contributed by atoms with Gasteiger partial charge in [0.05, 0.1) is 4.92 Å². The molecule has 0 atom stereocenters. The van der Waals surface area contributed by atoms with Gasteiger partial charge in [-0.15, -0.1) is 0 Å². The van der Waals surface area contributed by atoms with Crippen molar-refractivity contribution in [1.82, 2.24) is 4.90 Å². The first-order chi connectivity index (χ1) is 10.5. The van der Waals surface area contributed by atoms with Gasteiger partial charge in [-0.1, -0.05) is 41.9 Å². The van der Waals surface area contributed by atoms with Crippen LogP contribution in [0.2, 0.25) is 5.02 Å². The molecule has 0 aliphatic carbocycles. The fourth-order valence-electron chi connectivity index (χ4n) is 2.10. The van der Waals surface area contributed by atoms with E-state index in [2.05, 4.69) is 0 Å². The zero-order valence-corrected chi connectivity index (χ0v) is 12.8. The molecule has 0 N–H and O–H groups in total. The van der Waals surface area contributed by atoms with Crippen LogP contribution in [0.15, 0.2) is 48.5 Å². The van der Waals surface area contributed by atoms with E-state index in [9.17, 15) is 14.9 Å². The molecule has 2 rings (SSSR count). The van der Waals surface area contributed by atoms with Gasteiger partial charge in [0.25, 0.3) is 11.6 Å². The number of hydrogen-bond donors (Lipinski definition) is 0. The maximum absolute atomic E-state index is 12.5. The van der Waals surface area contributed by atoms with E-state index in [0.717, 1.165) is 5.56 Å². The lowest BCUT2D eigenvalue weighted by Crippen LogP contribution is -2.30. The van der Waals surface area contributed by atoms with E-state index in [0.29, 0.717) is 13.1 Å². The molecule has 0 bridgehead atoms. The molecule has 2 aromatic rings. The zero-order valence-electron chi connectivity index (χ0n) is 12.0. The number of benzene rings is 2. The van der Waals surface area contributed by atoms with Gasteiger partial charge in [-0.2, -0.15) is 0 Å². The molecule has 0 aromatic heterocycles. The summed E-state index contributed by atoms with van der Waals surface area (Å²) in [6, 6.07) is 13.7. The van der Waals surface area contributed by atoms with E-state index < -0.39 is 4.92 Å². The number of halogens is 1. The van der Waals surface area contributed by atoms with Crippen molar-refractivity contribution in [2.75, 3.05) is 6.54 Å². The molecular weight excluding hydrogens is 304 g/mol. The maximum Gasteiger partial charge on any atom is 0.288 e. The maximum atomic E-state index is 12.5. The summed E-state index contributed by atoms with van der Waals surface area (Å²) in [6.07, 6.45) is 0. The third-order valence-corrected chi connectivity index (χ3v) is 3.59. The minimum Gasteiger partial charge on any atom is -0.335 e. The molecular formula is C16H15ClN2O3. The lowest BCUT2D eigenvalue weighted by Gasteiger charge is -2.21. The van der Waals surface area contributed by atoms with E-state index in [1.807, 2.05) is 37.3 Å². The Balaban J connectivity index is 2.25. The van der Waals surface area contributed by atoms with Gasteiger partial charge in [-0.25, -0.2) is 0 Å². The predicted molar refractivity (Wildman–Crippen MR) is 85.0 cm³/mol. The molecule has 5 nitrogen and oxygen atoms in total. The molecule has 0 unspecified atom stereocenters. The highest BCUT2D eigenvalue weighted by Crippen LogP contribution is 2.25. The molecule has 0 aliphatic heterocycles. The highest BCUT2D eigenvalue weighted by molar-refractivity contribution is 6.32. The summed E-state index contributed by atoms with van der Waals surface area (Å²) in [5.74, 6) is -0.258. The van der Waals surface area contributed by atoms with Crippen LogP contribution in [0.3, 0.4) is 0 Å². The molecule has 0 aliphatic rings. The number of carbonyl (C=O) groups excluding carboxylic acids is 1. The molecule has 0 radical (unpaired) electrons. The van der Waals surface area contributed by atoms with E-state index in [-0.39, 0.29) is 22.2 Å². The Morgan fingerprint density at radius 2 is 1.91 bits per heavy atom. The van der Waals surface area contributed by atoms with Crippen LogP contribution < -0.4 is 0 Å². The number of hydrogen-bond acceptors (Lipinski definition) is 3. The van der Waals surface area contributed by atoms with Crippen LogP contribution in [0.4, 0.5) is 5.69 Å². The second kappa shape index (κ2) is 7.04. The van der Waals surface area contributed by atoms with Crippen molar-refractivity contribution in [1.29, 1.82) is 0 Å². The fraction of sp³-hybridized carbons (Fsp3) is 0.188. The molecule has 0 spiro atoms. The Bertz CT molecular complexity index is 689. The van der Waals surface area contributed by atoms with Crippen molar-refractivity contribution in [3.05, 3.63) is 74.8 Å². The summed E-state index contributed by atoms with van der Waals surface area (Å²) >= 11 is 5.77. The molecule has 0 saturated heterocycles.